The molecule has 11 heteroatoms. The molecular formula is C21H28N4O6S. The Bertz CT molecular complexity index is 1070. The number of benzene rings is 1. The largest absolute Gasteiger partial charge is 0.495 e. The fourth-order valence-corrected chi connectivity index (χ4v) is 5.25. The van der Waals surface area contributed by atoms with E-state index >= 15 is 0 Å². The number of hydrogen-bond donors (Lipinski definition) is 1. The second-order valence-electron chi connectivity index (χ2n) is 7.72. The predicted molar refractivity (Wildman–Crippen MR) is 117 cm³/mol. The van der Waals surface area contributed by atoms with E-state index in [-0.39, 0.29) is 28.6 Å². The predicted octanol–water partition coefficient (Wildman–Crippen LogP) is 2.27. The molecule has 0 bridgehead atoms. The highest BCUT2D eigenvalue weighted by Crippen LogP contribution is 2.29. The Balaban J connectivity index is 1.78. The lowest BCUT2D eigenvalue weighted by Crippen LogP contribution is -2.35. The maximum atomic E-state index is 13.3. The average molecular weight is 465 g/mol. The summed E-state index contributed by atoms with van der Waals surface area (Å²) in [6.07, 6.45) is 3.57. The minimum absolute atomic E-state index is 0.0522. The van der Waals surface area contributed by atoms with Gasteiger partial charge in [-0.3, -0.25) is 9.59 Å². The highest BCUT2D eigenvalue weighted by atomic mass is 32.2. The van der Waals surface area contributed by atoms with Crippen molar-refractivity contribution in [3.05, 3.63) is 35.6 Å². The Kier molecular flexibility index (Phi) is 7.52. The minimum atomic E-state index is -3.83. The maximum absolute atomic E-state index is 13.3. The highest BCUT2D eigenvalue weighted by Gasteiger charge is 2.29. The molecule has 0 spiro atoms. The van der Waals surface area contributed by atoms with Crippen LogP contribution < -0.4 is 10.1 Å². The number of aryl methyl sites for hydroxylation is 1. The number of ether oxygens (including phenoxy) is 1. The number of nitrogens with zero attached hydrogens (tertiary/aromatic N) is 3. The third-order valence-electron chi connectivity index (χ3n) is 5.22. The van der Waals surface area contributed by atoms with Crippen LogP contribution in [0, 0.1) is 6.92 Å². The number of carbonyl (C=O) groups excluding carboxylic acids is 2. The lowest BCUT2D eigenvalue weighted by Gasteiger charge is -2.22. The number of carbonyl (C=O) groups is 2. The van der Waals surface area contributed by atoms with Crippen molar-refractivity contribution in [2.45, 2.75) is 37.5 Å². The van der Waals surface area contributed by atoms with Gasteiger partial charge >= 0.3 is 0 Å². The van der Waals surface area contributed by atoms with Crippen molar-refractivity contribution in [2.24, 2.45) is 0 Å². The second kappa shape index (κ2) is 10.1. The van der Waals surface area contributed by atoms with Crippen LogP contribution in [0.15, 0.2) is 33.7 Å². The van der Waals surface area contributed by atoms with Crippen LogP contribution in [0.1, 0.15) is 41.8 Å². The molecule has 2 heterocycles. The van der Waals surface area contributed by atoms with Crippen molar-refractivity contribution >= 4 is 27.7 Å². The van der Waals surface area contributed by atoms with E-state index in [1.54, 1.807) is 13.0 Å². The summed E-state index contributed by atoms with van der Waals surface area (Å²) in [5.41, 5.74) is 0.145. The van der Waals surface area contributed by atoms with Crippen molar-refractivity contribution in [1.82, 2.24) is 14.4 Å². The van der Waals surface area contributed by atoms with E-state index in [1.807, 2.05) is 0 Å². The summed E-state index contributed by atoms with van der Waals surface area (Å²) in [4.78, 5) is 26.3. The van der Waals surface area contributed by atoms with Crippen molar-refractivity contribution in [2.75, 3.05) is 39.1 Å². The quantitative estimate of drug-likeness (QED) is 0.667. The molecule has 1 aromatic heterocycles. The van der Waals surface area contributed by atoms with Crippen molar-refractivity contribution in [1.29, 1.82) is 0 Å². The fraction of sp³-hybridized carbons (Fsp3) is 0.476. The Hall–Kier alpha value is -2.92. The number of likely N-dealkylation sites (N-methyl/N-ethyl adjacent to an activating group) is 1. The molecule has 3 rings (SSSR count). The van der Waals surface area contributed by atoms with Crippen LogP contribution in [0.3, 0.4) is 0 Å². The van der Waals surface area contributed by atoms with Crippen molar-refractivity contribution in [3.8, 4) is 5.75 Å². The van der Waals surface area contributed by atoms with Gasteiger partial charge in [0.25, 0.3) is 5.91 Å². The van der Waals surface area contributed by atoms with Gasteiger partial charge in [-0.2, -0.15) is 4.31 Å². The number of nitrogens with one attached hydrogen (secondary N) is 1. The molecule has 0 unspecified atom stereocenters. The van der Waals surface area contributed by atoms with Crippen LogP contribution in [0.4, 0.5) is 5.82 Å². The van der Waals surface area contributed by atoms with Crippen molar-refractivity contribution < 1.29 is 27.3 Å². The van der Waals surface area contributed by atoms with Gasteiger partial charge in [0.1, 0.15) is 16.4 Å². The number of anilines is 1. The van der Waals surface area contributed by atoms with Gasteiger partial charge < -0.3 is 19.5 Å². The Morgan fingerprint density at radius 1 is 1.19 bits per heavy atom. The highest BCUT2D eigenvalue weighted by molar-refractivity contribution is 7.89. The molecule has 1 aliphatic rings. The van der Waals surface area contributed by atoms with Gasteiger partial charge in [-0.1, -0.05) is 18.0 Å². The molecule has 2 amide bonds. The number of methoxy groups -OCH3 is 1. The van der Waals surface area contributed by atoms with E-state index in [0.717, 1.165) is 25.7 Å². The number of hydrogen-bond acceptors (Lipinski definition) is 7. The van der Waals surface area contributed by atoms with Gasteiger partial charge in [0.05, 0.1) is 13.7 Å². The molecule has 1 fully saturated rings. The van der Waals surface area contributed by atoms with E-state index < -0.39 is 21.8 Å². The normalized spacial score (nSPS) is 15.1. The minimum Gasteiger partial charge on any atom is -0.495 e. The monoisotopic (exact) mass is 464 g/mol. The first-order chi connectivity index (χ1) is 15.2. The van der Waals surface area contributed by atoms with E-state index in [4.69, 9.17) is 9.26 Å². The molecule has 1 N–H and O–H groups in total. The average Bonchev–Trinajstić information content (AvgIpc) is 3.00. The van der Waals surface area contributed by atoms with Gasteiger partial charge in [0.2, 0.25) is 15.9 Å². The van der Waals surface area contributed by atoms with E-state index in [1.165, 1.54) is 41.6 Å². The standard InChI is InChI=1S/C21H28N4O6S/c1-15-12-19(23-31-15)22-20(26)14-24(2)21(27)16-8-9-17(30-3)18(13-16)32(28,29)25-10-6-4-5-7-11-25/h8-9,12-13H,4-7,10-11,14H2,1-3H3,(H,22,23,26). The number of sulfonamides is 1. The smallest absolute Gasteiger partial charge is 0.254 e. The zero-order valence-electron chi connectivity index (χ0n) is 18.5. The maximum Gasteiger partial charge on any atom is 0.254 e. The van der Waals surface area contributed by atoms with Crippen LogP contribution in [0.2, 0.25) is 0 Å². The molecule has 32 heavy (non-hydrogen) atoms. The summed E-state index contributed by atoms with van der Waals surface area (Å²) in [7, 11) is -0.981. The Morgan fingerprint density at radius 3 is 2.47 bits per heavy atom. The number of rotatable bonds is 7. The molecule has 2 aromatic rings. The van der Waals surface area contributed by atoms with Crippen LogP contribution in [-0.4, -0.2) is 68.4 Å². The van der Waals surface area contributed by atoms with Crippen LogP contribution >= 0.6 is 0 Å². The summed E-state index contributed by atoms with van der Waals surface area (Å²) >= 11 is 0. The van der Waals surface area contributed by atoms with Gasteiger partial charge in [-0.25, -0.2) is 8.42 Å². The first-order valence-electron chi connectivity index (χ1n) is 10.4. The molecule has 174 valence electrons. The molecule has 0 radical (unpaired) electrons. The molecule has 0 atom stereocenters. The van der Waals surface area contributed by atoms with E-state index in [2.05, 4.69) is 10.5 Å². The van der Waals surface area contributed by atoms with Crippen LogP contribution in [0.25, 0.3) is 0 Å². The summed E-state index contributed by atoms with van der Waals surface area (Å²) in [5, 5.41) is 6.22. The zero-order chi connectivity index (χ0) is 23.3. The third kappa shape index (κ3) is 5.46. The van der Waals surface area contributed by atoms with Gasteiger partial charge in [-0.05, 0) is 38.0 Å². The molecule has 10 nitrogen and oxygen atoms in total. The lowest BCUT2D eigenvalue weighted by molar-refractivity contribution is -0.116. The first-order valence-corrected chi connectivity index (χ1v) is 11.8. The number of amides is 2. The number of aromatic nitrogens is 1. The fourth-order valence-electron chi connectivity index (χ4n) is 3.55. The zero-order valence-corrected chi connectivity index (χ0v) is 19.3. The first kappa shape index (κ1) is 23.7. The summed E-state index contributed by atoms with van der Waals surface area (Å²) in [6, 6.07) is 5.82. The molecule has 1 aromatic carbocycles. The topological polar surface area (TPSA) is 122 Å². The molecule has 0 aliphatic carbocycles. The van der Waals surface area contributed by atoms with E-state index in [9.17, 15) is 18.0 Å². The third-order valence-corrected chi connectivity index (χ3v) is 7.14. The summed E-state index contributed by atoms with van der Waals surface area (Å²) in [5.74, 6) is 0.0175. The SMILES string of the molecule is COc1ccc(C(=O)N(C)CC(=O)Nc2cc(C)on2)cc1S(=O)(=O)N1CCCCCC1. The Morgan fingerprint density at radius 2 is 1.88 bits per heavy atom. The van der Waals surface area contributed by atoms with Crippen molar-refractivity contribution in [3.63, 3.8) is 0 Å². The van der Waals surface area contributed by atoms with Gasteiger partial charge in [-0.15, -0.1) is 0 Å². The van der Waals surface area contributed by atoms with Gasteiger partial charge in [0.15, 0.2) is 5.82 Å². The van der Waals surface area contributed by atoms with E-state index in [0.29, 0.717) is 18.8 Å². The molecular weight excluding hydrogens is 436 g/mol. The molecule has 1 saturated heterocycles. The van der Waals surface area contributed by atoms with Gasteiger partial charge in [0, 0.05) is 31.8 Å². The van der Waals surface area contributed by atoms with Crippen LogP contribution in [-0.2, 0) is 14.8 Å². The Labute approximate surface area is 187 Å². The second-order valence-corrected chi connectivity index (χ2v) is 9.62. The lowest BCUT2D eigenvalue weighted by atomic mass is 10.2. The molecule has 0 saturated carbocycles. The summed E-state index contributed by atoms with van der Waals surface area (Å²) < 4.78 is 38.2. The van der Waals surface area contributed by atoms with Crippen LogP contribution in [0.5, 0.6) is 5.75 Å². The summed E-state index contributed by atoms with van der Waals surface area (Å²) in [6.45, 7) is 2.32. The molecule has 1 aliphatic heterocycles.